The fourth-order valence-corrected chi connectivity index (χ4v) is 2.08. The Kier molecular flexibility index (Phi) is 4.29. The highest BCUT2D eigenvalue weighted by Crippen LogP contribution is 2.27. The lowest BCUT2D eigenvalue weighted by Gasteiger charge is -2.24. The summed E-state index contributed by atoms with van der Waals surface area (Å²) in [6.07, 6.45) is 4.34. The number of carboxylic acid groups (broad SMARTS) is 1. The number of amides is 1. The van der Waals surface area contributed by atoms with E-state index in [1.807, 2.05) is 6.92 Å². The van der Waals surface area contributed by atoms with Gasteiger partial charge in [0.05, 0.1) is 5.54 Å². The summed E-state index contributed by atoms with van der Waals surface area (Å²) in [5, 5.41) is 11.5. The van der Waals surface area contributed by atoms with Crippen LogP contribution >= 0.6 is 0 Å². The third kappa shape index (κ3) is 2.95. The number of carbonyl (C=O) groups excluding carboxylic acids is 1. The van der Waals surface area contributed by atoms with Gasteiger partial charge in [-0.1, -0.05) is 26.2 Å². The van der Waals surface area contributed by atoms with Crippen molar-refractivity contribution in [3.8, 4) is 0 Å². The van der Waals surface area contributed by atoms with Crippen LogP contribution < -0.4 is 11.1 Å². The lowest BCUT2D eigenvalue weighted by Crippen LogP contribution is -2.55. The quantitative estimate of drug-likeness (QED) is 0.643. The van der Waals surface area contributed by atoms with Crippen LogP contribution in [0.4, 0.5) is 0 Å². The molecule has 1 amide bonds. The monoisotopic (exact) mass is 228 g/mol. The van der Waals surface area contributed by atoms with Crippen molar-refractivity contribution in [1.29, 1.82) is 0 Å². The van der Waals surface area contributed by atoms with Gasteiger partial charge in [-0.25, -0.2) is 4.79 Å². The van der Waals surface area contributed by atoms with E-state index in [1.54, 1.807) is 0 Å². The smallest absolute Gasteiger partial charge is 0.326 e. The van der Waals surface area contributed by atoms with E-state index in [1.165, 1.54) is 0 Å². The van der Waals surface area contributed by atoms with Crippen molar-refractivity contribution >= 4 is 11.9 Å². The maximum absolute atomic E-state index is 11.9. The average molecular weight is 228 g/mol. The molecule has 16 heavy (non-hydrogen) atoms. The van der Waals surface area contributed by atoms with E-state index in [2.05, 4.69) is 5.32 Å². The van der Waals surface area contributed by atoms with E-state index in [0.29, 0.717) is 19.3 Å². The maximum atomic E-state index is 11.9. The summed E-state index contributed by atoms with van der Waals surface area (Å²) >= 11 is 0. The van der Waals surface area contributed by atoms with Crippen LogP contribution in [0.2, 0.25) is 0 Å². The van der Waals surface area contributed by atoms with Crippen LogP contribution in [0.3, 0.4) is 0 Å². The molecule has 0 unspecified atom stereocenters. The molecule has 1 aliphatic carbocycles. The summed E-state index contributed by atoms with van der Waals surface area (Å²) in [4.78, 5) is 22.7. The van der Waals surface area contributed by atoms with Gasteiger partial charge in [0.15, 0.2) is 0 Å². The molecule has 5 heteroatoms. The molecule has 1 saturated carbocycles. The standard InChI is InChI=1S/C11H20N2O3/c1-2-5-8(9(14)15)13-10(16)11(12)6-3-4-7-11/h8H,2-7,12H2,1H3,(H,13,16)(H,14,15)/t8-/m1/s1. The second-order valence-corrected chi connectivity index (χ2v) is 4.52. The molecule has 1 atom stereocenters. The molecule has 0 saturated heterocycles. The van der Waals surface area contributed by atoms with E-state index in [0.717, 1.165) is 19.3 Å². The third-order valence-corrected chi connectivity index (χ3v) is 3.13. The molecule has 0 aromatic carbocycles. The topological polar surface area (TPSA) is 92.4 Å². The Labute approximate surface area is 95.4 Å². The van der Waals surface area contributed by atoms with E-state index < -0.39 is 17.6 Å². The van der Waals surface area contributed by atoms with Crippen molar-refractivity contribution in [2.75, 3.05) is 0 Å². The Morgan fingerprint density at radius 2 is 2.00 bits per heavy atom. The van der Waals surface area contributed by atoms with Crippen LogP contribution in [0.5, 0.6) is 0 Å². The molecule has 5 nitrogen and oxygen atoms in total. The number of nitrogens with one attached hydrogen (secondary N) is 1. The Morgan fingerprint density at radius 1 is 1.44 bits per heavy atom. The Hall–Kier alpha value is -1.10. The summed E-state index contributed by atoms with van der Waals surface area (Å²) in [5.41, 5.74) is 5.10. The number of hydrogen-bond acceptors (Lipinski definition) is 3. The lowest BCUT2D eigenvalue weighted by atomic mass is 9.97. The Morgan fingerprint density at radius 3 is 2.44 bits per heavy atom. The fraction of sp³-hybridized carbons (Fsp3) is 0.818. The first kappa shape index (κ1) is 13.0. The molecule has 4 N–H and O–H groups in total. The zero-order valence-corrected chi connectivity index (χ0v) is 9.66. The number of carbonyl (C=O) groups is 2. The van der Waals surface area contributed by atoms with Crippen molar-refractivity contribution in [3.63, 3.8) is 0 Å². The molecule has 0 spiro atoms. The van der Waals surface area contributed by atoms with Crippen LogP contribution in [0.15, 0.2) is 0 Å². The minimum absolute atomic E-state index is 0.314. The number of aliphatic carboxylic acids is 1. The van der Waals surface area contributed by atoms with E-state index in [9.17, 15) is 9.59 Å². The first-order valence-corrected chi connectivity index (χ1v) is 5.82. The van der Waals surface area contributed by atoms with Gasteiger partial charge < -0.3 is 16.2 Å². The largest absolute Gasteiger partial charge is 0.480 e. The Bertz CT molecular complexity index is 272. The van der Waals surface area contributed by atoms with Crippen molar-refractivity contribution in [2.24, 2.45) is 5.73 Å². The summed E-state index contributed by atoms with van der Waals surface area (Å²) in [7, 11) is 0. The van der Waals surface area contributed by atoms with Crippen LogP contribution in [0.25, 0.3) is 0 Å². The van der Waals surface area contributed by atoms with E-state index in [4.69, 9.17) is 10.8 Å². The van der Waals surface area contributed by atoms with Crippen LogP contribution in [-0.4, -0.2) is 28.6 Å². The van der Waals surface area contributed by atoms with Gasteiger partial charge in [0.1, 0.15) is 6.04 Å². The van der Waals surface area contributed by atoms with Gasteiger partial charge in [-0.3, -0.25) is 4.79 Å². The van der Waals surface area contributed by atoms with Gasteiger partial charge in [-0.15, -0.1) is 0 Å². The number of hydrogen-bond donors (Lipinski definition) is 3. The molecular formula is C11H20N2O3. The van der Waals surface area contributed by atoms with Crippen molar-refractivity contribution < 1.29 is 14.7 Å². The molecule has 1 fully saturated rings. The highest BCUT2D eigenvalue weighted by Gasteiger charge is 2.38. The second kappa shape index (κ2) is 5.30. The van der Waals surface area contributed by atoms with E-state index in [-0.39, 0.29) is 5.91 Å². The van der Waals surface area contributed by atoms with Crippen molar-refractivity contribution in [2.45, 2.75) is 57.0 Å². The maximum Gasteiger partial charge on any atom is 0.326 e. The van der Waals surface area contributed by atoms with E-state index >= 15 is 0 Å². The van der Waals surface area contributed by atoms with Crippen molar-refractivity contribution in [1.82, 2.24) is 5.32 Å². The molecule has 0 bridgehead atoms. The molecule has 92 valence electrons. The molecule has 0 radical (unpaired) electrons. The minimum atomic E-state index is -0.989. The number of carboxylic acids is 1. The molecule has 0 aromatic rings. The molecule has 0 aromatic heterocycles. The van der Waals surface area contributed by atoms with Crippen LogP contribution in [-0.2, 0) is 9.59 Å². The Balaban J connectivity index is 2.57. The van der Waals surface area contributed by atoms with Crippen LogP contribution in [0.1, 0.15) is 45.4 Å². The highest BCUT2D eigenvalue weighted by atomic mass is 16.4. The van der Waals surface area contributed by atoms with Crippen molar-refractivity contribution in [3.05, 3.63) is 0 Å². The summed E-state index contributed by atoms with van der Waals surface area (Å²) < 4.78 is 0. The predicted molar refractivity (Wildman–Crippen MR) is 59.9 cm³/mol. The SMILES string of the molecule is CCC[C@@H](NC(=O)C1(N)CCCC1)C(=O)O. The summed E-state index contributed by atoms with van der Waals surface area (Å²) in [5.74, 6) is -1.30. The molecular weight excluding hydrogens is 208 g/mol. The highest BCUT2D eigenvalue weighted by molar-refractivity contribution is 5.90. The molecule has 0 aliphatic heterocycles. The molecule has 0 heterocycles. The minimum Gasteiger partial charge on any atom is -0.480 e. The van der Waals surface area contributed by atoms with Gasteiger partial charge in [0, 0.05) is 0 Å². The molecule has 1 rings (SSSR count). The normalized spacial score (nSPS) is 20.4. The third-order valence-electron chi connectivity index (χ3n) is 3.13. The first-order chi connectivity index (χ1) is 7.49. The predicted octanol–water partition coefficient (Wildman–Crippen LogP) is 0.627. The number of rotatable bonds is 5. The summed E-state index contributed by atoms with van der Waals surface area (Å²) in [6.45, 7) is 1.88. The van der Waals surface area contributed by atoms with Gasteiger partial charge >= 0.3 is 5.97 Å². The average Bonchev–Trinajstić information content (AvgIpc) is 2.65. The summed E-state index contributed by atoms with van der Waals surface area (Å²) in [6, 6.07) is -0.807. The fourth-order valence-electron chi connectivity index (χ4n) is 2.08. The first-order valence-electron chi connectivity index (χ1n) is 5.82. The van der Waals surface area contributed by atoms with Gasteiger partial charge in [0.25, 0.3) is 0 Å². The number of nitrogens with two attached hydrogens (primary N) is 1. The lowest BCUT2D eigenvalue weighted by molar-refractivity contribution is -0.142. The van der Waals surface area contributed by atoms with Gasteiger partial charge in [-0.05, 0) is 19.3 Å². The van der Waals surface area contributed by atoms with Crippen LogP contribution in [0, 0.1) is 0 Å². The second-order valence-electron chi connectivity index (χ2n) is 4.52. The van der Waals surface area contributed by atoms with Gasteiger partial charge in [-0.2, -0.15) is 0 Å². The molecule has 1 aliphatic rings. The zero-order chi connectivity index (χ0) is 12.2. The van der Waals surface area contributed by atoms with Gasteiger partial charge in [0.2, 0.25) is 5.91 Å². The zero-order valence-electron chi connectivity index (χ0n) is 9.66.